The van der Waals surface area contributed by atoms with Gasteiger partial charge in [-0.2, -0.15) is 0 Å². The summed E-state index contributed by atoms with van der Waals surface area (Å²) in [6.45, 7) is 3.29. The molecule has 1 aromatic carbocycles. The molecule has 0 spiro atoms. The molecule has 0 aromatic heterocycles. The van der Waals surface area contributed by atoms with Gasteiger partial charge in [0.1, 0.15) is 0 Å². The summed E-state index contributed by atoms with van der Waals surface area (Å²) in [4.78, 5) is 10.4. The summed E-state index contributed by atoms with van der Waals surface area (Å²) in [5.74, 6) is 1.74. The van der Waals surface area contributed by atoms with E-state index >= 15 is 0 Å². The number of nitrogens with zero attached hydrogens (tertiary/aromatic N) is 1. The summed E-state index contributed by atoms with van der Waals surface area (Å²) in [6.07, 6.45) is 6.61. The van der Waals surface area contributed by atoms with Crippen LogP contribution in [0.15, 0.2) is 18.2 Å². The van der Waals surface area contributed by atoms with E-state index in [1.165, 1.54) is 32.1 Å². The summed E-state index contributed by atoms with van der Waals surface area (Å²) < 4.78 is 0.684. The highest BCUT2D eigenvalue weighted by atomic mass is 127. The van der Waals surface area contributed by atoms with Crippen molar-refractivity contribution in [3.63, 3.8) is 0 Å². The van der Waals surface area contributed by atoms with Gasteiger partial charge in [0.15, 0.2) is 0 Å². The Morgan fingerprint density at radius 2 is 2.05 bits per heavy atom. The van der Waals surface area contributed by atoms with Gasteiger partial charge in [0.2, 0.25) is 0 Å². The number of nitro groups is 1. The number of hydrogen-bond acceptors (Lipinski definition) is 3. The minimum Gasteiger partial charge on any atom is -0.385 e. The molecule has 0 atom stereocenters. The summed E-state index contributed by atoms with van der Waals surface area (Å²) in [5, 5.41) is 14.1. The van der Waals surface area contributed by atoms with Crippen LogP contribution in [-0.4, -0.2) is 11.5 Å². The normalized spacial score (nSPS) is 22.5. The number of nitro benzene ring substituents is 1. The number of halogens is 1. The summed E-state index contributed by atoms with van der Waals surface area (Å²) in [5.41, 5.74) is 1.15. The third-order valence-corrected chi connectivity index (χ3v) is 5.03. The first-order chi connectivity index (χ1) is 9.56. The molecule has 1 aromatic rings. The highest BCUT2D eigenvalue weighted by Crippen LogP contribution is 2.30. The predicted molar refractivity (Wildman–Crippen MR) is 90.0 cm³/mol. The van der Waals surface area contributed by atoms with Crippen LogP contribution in [0.1, 0.15) is 39.0 Å². The molecule has 5 heteroatoms. The fourth-order valence-electron chi connectivity index (χ4n) is 2.80. The van der Waals surface area contributed by atoms with Crippen LogP contribution in [0, 0.1) is 25.5 Å². The molecule has 0 saturated heterocycles. The van der Waals surface area contributed by atoms with Gasteiger partial charge in [0.25, 0.3) is 5.69 Å². The smallest absolute Gasteiger partial charge is 0.282 e. The molecule has 0 unspecified atom stereocenters. The molecule has 0 heterocycles. The van der Waals surface area contributed by atoms with Crippen LogP contribution in [0.3, 0.4) is 0 Å². The maximum atomic E-state index is 10.8. The van der Waals surface area contributed by atoms with Crippen LogP contribution in [0.5, 0.6) is 0 Å². The number of hydrogen-bond donors (Lipinski definition) is 1. The lowest BCUT2D eigenvalue weighted by molar-refractivity contribution is -0.385. The van der Waals surface area contributed by atoms with Crippen LogP contribution >= 0.6 is 22.6 Å². The molecule has 4 nitrogen and oxygen atoms in total. The molecule has 1 saturated carbocycles. The third-order valence-electron chi connectivity index (χ3n) is 4.16. The fourth-order valence-corrected chi connectivity index (χ4v) is 3.52. The molecule has 1 N–H and O–H groups in total. The van der Waals surface area contributed by atoms with Crippen molar-refractivity contribution in [3.05, 3.63) is 31.9 Å². The van der Waals surface area contributed by atoms with Gasteiger partial charge in [-0.25, -0.2) is 0 Å². The van der Waals surface area contributed by atoms with Gasteiger partial charge in [0.05, 0.1) is 8.49 Å². The minimum absolute atomic E-state index is 0.178. The van der Waals surface area contributed by atoms with Crippen molar-refractivity contribution < 1.29 is 4.92 Å². The van der Waals surface area contributed by atoms with Gasteiger partial charge in [-0.15, -0.1) is 0 Å². The van der Waals surface area contributed by atoms with Crippen LogP contribution in [0.2, 0.25) is 0 Å². The largest absolute Gasteiger partial charge is 0.385 e. The molecule has 1 fully saturated rings. The second-order valence-electron chi connectivity index (χ2n) is 5.76. The molecule has 0 bridgehead atoms. The number of benzene rings is 1. The van der Waals surface area contributed by atoms with Crippen molar-refractivity contribution in [1.82, 2.24) is 0 Å². The topological polar surface area (TPSA) is 55.2 Å². The average Bonchev–Trinajstić information content (AvgIpc) is 2.41. The van der Waals surface area contributed by atoms with Gasteiger partial charge in [0, 0.05) is 18.3 Å². The number of anilines is 1. The molecule has 1 aliphatic rings. The Morgan fingerprint density at radius 3 is 2.65 bits per heavy atom. The van der Waals surface area contributed by atoms with E-state index in [2.05, 4.69) is 12.2 Å². The Bertz CT molecular complexity index is 471. The Morgan fingerprint density at radius 1 is 1.35 bits per heavy atom. The Hall–Kier alpha value is -0.850. The predicted octanol–water partition coefficient (Wildman–Crippen LogP) is 4.83. The van der Waals surface area contributed by atoms with Gasteiger partial charge >= 0.3 is 0 Å². The van der Waals surface area contributed by atoms with Crippen LogP contribution < -0.4 is 5.32 Å². The van der Waals surface area contributed by atoms with Gasteiger partial charge < -0.3 is 5.32 Å². The van der Waals surface area contributed by atoms with Gasteiger partial charge in [-0.05, 0) is 53.0 Å². The zero-order valence-electron chi connectivity index (χ0n) is 11.8. The molecule has 0 aliphatic heterocycles. The lowest BCUT2D eigenvalue weighted by Crippen LogP contribution is -2.15. The maximum absolute atomic E-state index is 10.8. The summed E-state index contributed by atoms with van der Waals surface area (Å²) in [6, 6.07) is 5.22. The van der Waals surface area contributed by atoms with Crippen LogP contribution in [-0.2, 0) is 0 Å². The molecular formula is C15H21IN2O2. The molecule has 2 rings (SSSR count). The van der Waals surface area contributed by atoms with Crippen LogP contribution in [0.25, 0.3) is 0 Å². The summed E-state index contributed by atoms with van der Waals surface area (Å²) in [7, 11) is 0. The Balaban J connectivity index is 1.79. The van der Waals surface area contributed by atoms with E-state index in [-0.39, 0.29) is 10.6 Å². The highest BCUT2D eigenvalue weighted by Gasteiger charge is 2.17. The van der Waals surface area contributed by atoms with E-state index in [0.717, 1.165) is 24.1 Å². The first kappa shape index (κ1) is 15.5. The SMILES string of the molecule is CC1CCC(CCNc2ccc([N+](=O)[O-])c(I)c2)CC1. The van der Waals surface area contributed by atoms with E-state index in [1.807, 2.05) is 28.7 Å². The first-order valence-electron chi connectivity index (χ1n) is 7.24. The highest BCUT2D eigenvalue weighted by molar-refractivity contribution is 14.1. The van der Waals surface area contributed by atoms with Crippen molar-refractivity contribution in [3.8, 4) is 0 Å². The second kappa shape index (κ2) is 7.24. The van der Waals surface area contributed by atoms with Crippen molar-refractivity contribution in [2.75, 3.05) is 11.9 Å². The third kappa shape index (κ3) is 4.33. The van der Waals surface area contributed by atoms with Crippen molar-refractivity contribution >= 4 is 34.0 Å². The van der Waals surface area contributed by atoms with E-state index in [9.17, 15) is 10.1 Å². The molecule has 1 aliphatic carbocycles. The maximum Gasteiger partial charge on any atom is 0.282 e. The van der Waals surface area contributed by atoms with Gasteiger partial charge in [-0.1, -0.05) is 32.6 Å². The molecule has 0 radical (unpaired) electrons. The first-order valence-corrected chi connectivity index (χ1v) is 8.32. The molecule has 110 valence electrons. The number of nitrogens with one attached hydrogen (secondary N) is 1. The van der Waals surface area contributed by atoms with Crippen molar-refractivity contribution in [2.24, 2.45) is 11.8 Å². The summed E-state index contributed by atoms with van der Waals surface area (Å²) >= 11 is 2.02. The van der Waals surface area contributed by atoms with E-state index in [1.54, 1.807) is 12.1 Å². The standard InChI is InChI=1S/C15H21IN2O2/c1-11-2-4-12(5-3-11)8-9-17-13-6-7-15(18(19)20)14(16)10-13/h6-7,10-12,17H,2-5,8-9H2,1H3. The number of rotatable bonds is 5. The molecule has 0 amide bonds. The monoisotopic (exact) mass is 388 g/mol. The lowest BCUT2D eigenvalue weighted by Gasteiger charge is -2.26. The average molecular weight is 388 g/mol. The zero-order valence-corrected chi connectivity index (χ0v) is 13.9. The lowest BCUT2D eigenvalue weighted by atomic mass is 9.81. The zero-order chi connectivity index (χ0) is 14.5. The minimum atomic E-state index is -0.339. The second-order valence-corrected chi connectivity index (χ2v) is 6.93. The Kier molecular flexibility index (Phi) is 5.63. The quantitative estimate of drug-likeness (QED) is 0.447. The molecular weight excluding hydrogens is 367 g/mol. The van der Waals surface area contributed by atoms with E-state index < -0.39 is 0 Å². The van der Waals surface area contributed by atoms with Crippen LogP contribution in [0.4, 0.5) is 11.4 Å². The van der Waals surface area contributed by atoms with Crippen molar-refractivity contribution in [1.29, 1.82) is 0 Å². The van der Waals surface area contributed by atoms with Crippen molar-refractivity contribution in [2.45, 2.75) is 39.0 Å². The van der Waals surface area contributed by atoms with Gasteiger partial charge in [-0.3, -0.25) is 10.1 Å². The van der Waals surface area contributed by atoms with E-state index in [0.29, 0.717) is 3.57 Å². The Labute approximate surface area is 133 Å². The van der Waals surface area contributed by atoms with E-state index in [4.69, 9.17) is 0 Å². The molecule has 20 heavy (non-hydrogen) atoms. The fraction of sp³-hybridized carbons (Fsp3) is 0.600.